The van der Waals surface area contributed by atoms with Crippen molar-refractivity contribution in [2.75, 3.05) is 39.5 Å². The van der Waals surface area contributed by atoms with E-state index in [1.807, 2.05) is 6.92 Å². The van der Waals surface area contributed by atoms with Crippen LogP contribution in [0.4, 0.5) is 13.2 Å². The van der Waals surface area contributed by atoms with E-state index < -0.39 is 17.5 Å². The first-order valence-electron chi connectivity index (χ1n) is 10.4. The van der Waals surface area contributed by atoms with Gasteiger partial charge in [0.15, 0.2) is 0 Å². The third-order valence-electron chi connectivity index (χ3n) is 5.70. The molecule has 3 heterocycles. The summed E-state index contributed by atoms with van der Waals surface area (Å²) in [5.74, 6) is -1.42. The number of morpholine rings is 1. The van der Waals surface area contributed by atoms with Gasteiger partial charge >= 0.3 is 6.18 Å². The summed E-state index contributed by atoms with van der Waals surface area (Å²) >= 11 is 1.46. The van der Waals surface area contributed by atoms with Crippen LogP contribution in [0.15, 0.2) is 24.3 Å². The number of ether oxygens (including phenoxy) is 3. The Morgan fingerprint density at radius 3 is 2.41 bits per heavy atom. The Morgan fingerprint density at radius 1 is 1.19 bits per heavy atom. The lowest BCUT2D eigenvalue weighted by atomic mass is 10.0. The molecule has 0 radical (unpaired) electrons. The van der Waals surface area contributed by atoms with E-state index in [1.165, 1.54) is 23.5 Å². The highest BCUT2D eigenvalue weighted by Gasteiger charge is 2.43. The van der Waals surface area contributed by atoms with E-state index in [4.69, 9.17) is 14.2 Å². The summed E-state index contributed by atoms with van der Waals surface area (Å²) in [6.07, 6.45) is -3.70. The van der Waals surface area contributed by atoms with Crippen molar-refractivity contribution in [1.82, 2.24) is 9.88 Å². The molecule has 6 nitrogen and oxygen atoms in total. The van der Waals surface area contributed by atoms with E-state index in [9.17, 15) is 18.0 Å². The van der Waals surface area contributed by atoms with Gasteiger partial charge in [0.25, 0.3) is 5.91 Å². The number of thiazole rings is 1. The van der Waals surface area contributed by atoms with Gasteiger partial charge in [0.2, 0.25) is 5.79 Å². The van der Waals surface area contributed by atoms with Crippen molar-refractivity contribution in [3.05, 3.63) is 40.4 Å². The SMILES string of the molecule is Cc1nc(-c2ccc(C(F)(F)F)cc2)sc1C[C@H]1CO[C@](C)(C(=O)N2CCOCC2)OC1. The fraction of sp³-hybridized carbons (Fsp3) is 0.545. The molecule has 4 rings (SSSR count). The largest absolute Gasteiger partial charge is 0.416 e. The highest BCUT2D eigenvalue weighted by Crippen LogP contribution is 2.34. The number of rotatable bonds is 4. The van der Waals surface area contributed by atoms with Gasteiger partial charge in [-0.25, -0.2) is 4.98 Å². The minimum atomic E-state index is -4.36. The minimum Gasteiger partial charge on any atom is -0.378 e. The van der Waals surface area contributed by atoms with Gasteiger partial charge < -0.3 is 19.1 Å². The Labute approximate surface area is 188 Å². The molecule has 2 aromatic rings. The first-order chi connectivity index (χ1) is 15.2. The van der Waals surface area contributed by atoms with E-state index in [0.717, 1.165) is 22.7 Å². The summed E-state index contributed by atoms with van der Waals surface area (Å²) in [5, 5.41) is 0.677. The van der Waals surface area contributed by atoms with Crippen molar-refractivity contribution < 1.29 is 32.2 Å². The molecule has 0 atom stereocenters. The third kappa shape index (κ3) is 4.98. The second kappa shape index (κ2) is 9.09. The third-order valence-corrected chi connectivity index (χ3v) is 6.93. The molecule has 174 valence electrons. The van der Waals surface area contributed by atoms with Gasteiger partial charge in [0.05, 0.1) is 37.7 Å². The predicted molar refractivity (Wildman–Crippen MR) is 112 cm³/mol. The maximum atomic E-state index is 12.8. The fourth-order valence-electron chi connectivity index (χ4n) is 3.74. The predicted octanol–water partition coefficient (Wildman–Crippen LogP) is 3.92. The molecule has 0 bridgehead atoms. The van der Waals surface area contributed by atoms with E-state index in [1.54, 1.807) is 11.8 Å². The van der Waals surface area contributed by atoms with E-state index in [0.29, 0.717) is 56.5 Å². The number of carbonyl (C=O) groups excluding carboxylic acids is 1. The summed E-state index contributed by atoms with van der Waals surface area (Å²) in [5.41, 5.74) is 0.806. The van der Waals surface area contributed by atoms with Crippen molar-refractivity contribution in [3.63, 3.8) is 0 Å². The van der Waals surface area contributed by atoms with Crippen LogP contribution >= 0.6 is 11.3 Å². The molecule has 32 heavy (non-hydrogen) atoms. The molecule has 0 unspecified atom stereocenters. The summed E-state index contributed by atoms with van der Waals surface area (Å²) in [6.45, 7) is 6.36. The highest BCUT2D eigenvalue weighted by molar-refractivity contribution is 7.15. The molecule has 2 fully saturated rings. The topological polar surface area (TPSA) is 60.9 Å². The Morgan fingerprint density at radius 2 is 1.81 bits per heavy atom. The number of alkyl halides is 3. The van der Waals surface area contributed by atoms with Crippen molar-refractivity contribution >= 4 is 17.2 Å². The highest BCUT2D eigenvalue weighted by atomic mass is 32.1. The van der Waals surface area contributed by atoms with Crippen molar-refractivity contribution in [3.8, 4) is 10.6 Å². The number of carbonyl (C=O) groups is 1. The summed E-state index contributed by atoms with van der Waals surface area (Å²) < 4.78 is 55.4. The van der Waals surface area contributed by atoms with Gasteiger partial charge in [-0.1, -0.05) is 12.1 Å². The van der Waals surface area contributed by atoms with Gasteiger partial charge in [-0.2, -0.15) is 13.2 Å². The first kappa shape index (κ1) is 23.2. The quantitative estimate of drug-likeness (QED) is 0.678. The van der Waals surface area contributed by atoms with Crippen LogP contribution in [0.25, 0.3) is 10.6 Å². The molecular weight excluding hydrogens is 445 g/mol. The molecule has 2 aliphatic heterocycles. The lowest BCUT2D eigenvalue weighted by Crippen LogP contribution is -2.56. The zero-order valence-corrected chi connectivity index (χ0v) is 18.7. The first-order valence-corrected chi connectivity index (χ1v) is 11.3. The van der Waals surface area contributed by atoms with Gasteiger partial charge in [-0.05, 0) is 32.4 Å². The van der Waals surface area contributed by atoms with Crippen LogP contribution in [0.2, 0.25) is 0 Å². The Kier molecular flexibility index (Phi) is 6.58. The Bertz CT molecular complexity index is 947. The Balaban J connectivity index is 1.37. The van der Waals surface area contributed by atoms with Crippen LogP contribution in [-0.2, 0) is 31.6 Å². The molecule has 0 saturated carbocycles. The molecule has 0 aliphatic carbocycles. The molecule has 0 spiro atoms. The van der Waals surface area contributed by atoms with Crippen molar-refractivity contribution in [2.24, 2.45) is 5.92 Å². The van der Waals surface area contributed by atoms with E-state index in [-0.39, 0.29) is 11.8 Å². The number of aromatic nitrogens is 1. The second-order valence-electron chi connectivity index (χ2n) is 8.15. The molecule has 0 N–H and O–H groups in total. The van der Waals surface area contributed by atoms with Gasteiger partial charge in [0, 0.05) is 29.4 Å². The number of hydrogen-bond acceptors (Lipinski definition) is 6. The number of nitrogens with zero attached hydrogens (tertiary/aromatic N) is 2. The molecule has 10 heteroatoms. The molecule has 1 aromatic heterocycles. The standard InChI is InChI=1S/C22H25F3N2O4S/c1-14-18(32-19(26-14)16-3-5-17(6-4-16)22(23,24)25)11-15-12-30-21(2,31-13-15)20(28)27-7-9-29-10-8-27/h3-6,15H,7-13H2,1-2H3/t15-,21-. The molecule has 2 saturated heterocycles. The van der Waals surface area contributed by atoms with Crippen LogP contribution in [0.5, 0.6) is 0 Å². The van der Waals surface area contributed by atoms with Crippen LogP contribution < -0.4 is 0 Å². The number of aryl methyl sites for hydroxylation is 1. The summed E-state index contributed by atoms with van der Waals surface area (Å²) in [4.78, 5) is 20.1. The lowest BCUT2D eigenvalue weighted by molar-refractivity contribution is -0.267. The zero-order chi connectivity index (χ0) is 22.9. The lowest BCUT2D eigenvalue weighted by Gasteiger charge is -2.40. The van der Waals surface area contributed by atoms with E-state index in [2.05, 4.69) is 4.98 Å². The average molecular weight is 471 g/mol. The van der Waals surface area contributed by atoms with Crippen LogP contribution in [0.3, 0.4) is 0 Å². The molecular formula is C22H25F3N2O4S. The number of hydrogen-bond donors (Lipinski definition) is 0. The summed E-state index contributed by atoms with van der Waals surface area (Å²) in [7, 11) is 0. The second-order valence-corrected chi connectivity index (χ2v) is 9.23. The van der Waals surface area contributed by atoms with Gasteiger partial charge in [-0.15, -0.1) is 11.3 Å². The van der Waals surface area contributed by atoms with Crippen LogP contribution in [-0.4, -0.2) is 61.1 Å². The van der Waals surface area contributed by atoms with E-state index >= 15 is 0 Å². The summed E-state index contributed by atoms with van der Waals surface area (Å²) in [6, 6.07) is 5.03. The van der Waals surface area contributed by atoms with Crippen molar-refractivity contribution in [1.29, 1.82) is 0 Å². The van der Waals surface area contributed by atoms with Crippen molar-refractivity contribution in [2.45, 2.75) is 32.2 Å². The molecule has 1 aromatic carbocycles. The van der Waals surface area contributed by atoms with Crippen LogP contribution in [0.1, 0.15) is 23.1 Å². The fourth-order valence-corrected chi connectivity index (χ4v) is 4.93. The smallest absolute Gasteiger partial charge is 0.378 e. The average Bonchev–Trinajstić information content (AvgIpc) is 3.15. The molecule has 2 aliphatic rings. The normalized spacial score (nSPS) is 24.5. The number of benzene rings is 1. The van der Waals surface area contributed by atoms with Gasteiger partial charge in [0.1, 0.15) is 5.01 Å². The minimum absolute atomic E-state index is 0.0557. The van der Waals surface area contributed by atoms with Gasteiger partial charge in [-0.3, -0.25) is 4.79 Å². The monoisotopic (exact) mass is 470 g/mol. The number of halogens is 3. The van der Waals surface area contributed by atoms with Crippen LogP contribution in [0, 0.1) is 12.8 Å². The maximum Gasteiger partial charge on any atom is 0.416 e. The zero-order valence-electron chi connectivity index (χ0n) is 17.9. The number of amides is 1. The Hall–Kier alpha value is -2.01. The molecule has 1 amide bonds. The maximum absolute atomic E-state index is 12.8.